The van der Waals surface area contributed by atoms with Gasteiger partial charge in [-0.15, -0.1) is 5.10 Å². The van der Waals surface area contributed by atoms with Crippen molar-refractivity contribution in [3.63, 3.8) is 0 Å². The van der Waals surface area contributed by atoms with E-state index in [1.165, 1.54) is 28.0 Å². The molecule has 0 unspecified atom stereocenters. The molecule has 2 aromatic heterocycles. The van der Waals surface area contributed by atoms with Crippen LogP contribution in [0.3, 0.4) is 0 Å². The van der Waals surface area contributed by atoms with Crippen molar-refractivity contribution < 1.29 is 13.6 Å². The van der Waals surface area contributed by atoms with Gasteiger partial charge in [-0.2, -0.15) is 4.52 Å². The monoisotopic (exact) mass is 433 g/mol. The molecular weight excluding hydrogens is 412 g/mol. The molecule has 0 aliphatic carbocycles. The molecule has 0 saturated carbocycles. The Bertz CT molecular complexity index is 1140. The first-order valence-electron chi connectivity index (χ1n) is 9.85. The highest BCUT2D eigenvalue weighted by molar-refractivity contribution is 7.20. The lowest BCUT2D eigenvalue weighted by molar-refractivity contribution is -0.120. The van der Waals surface area contributed by atoms with Crippen LogP contribution < -0.4 is 15.8 Å². The van der Waals surface area contributed by atoms with Gasteiger partial charge in [0.2, 0.25) is 16.0 Å². The summed E-state index contributed by atoms with van der Waals surface area (Å²) >= 11 is 1.35. The molecule has 0 radical (unpaired) electrons. The Hall–Kier alpha value is -2.88. The van der Waals surface area contributed by atoms with E-state index in [1.54, 1.807) is 0 Å². The smallest absolute Gasteiger partial charge is 0.275 e. The number of piperidine rings is 1. The summed E-state index contributed by atoms with van der Waals surface area (Å²) in [5, 5.41) is 7.63. The maximum absolute atomic E-state index is 13.8. The lowest BCUT2D eigenvalue weighted by atomic mass is 9.96. The molecule has 3 aromatic rings. The third-order valence-electron chi connectivity index (χ3n) is 5.12. The number of hydrogen-bond donors (Lipinski definition) is 1. The SMILES string of the molecule is CCCc1cc(=O)n2nc(N3CCC(C(=O)Nc4ccc(F)cc4F)CC3)sc2n1. The van der Waals surface area contributed by atoms with Gasteiger partial charge in [0.05, 0.1) is 5.69 Å². The number of rotatable bonds is 5. The molecular formula is C20H21F2N5O2S. The molecule has 1 N–H and O–H groups in total. The Kier molecular flexibility index (Phi) is 5.76. The summed E-state index contributed by atoms with van der Waals surface area (Å²) < 4.78 is 28.1. The van der Waals surface area contributed by atoms with E-state index in [4.69, 9.17) is 0 Å². The molecule has 30 heavy (non-hydrogen) atoms. The number of carbonyl (C=O) groups is 1. The normalized spacial score (nSPS) is 15.0. The van der Waals surface area contributed by atoms with Crippen molar-refractivity contribution in [2.45, 2.75) is 32.6 Å². The summed E-state index contributed by atoms with van der Waals surface area (Å²) in [6, 6.07) is 4.59. The lowest BCUT2D eigenvalue weighted by Gasteiger charge is -2.30. The summed E-state index contributed by atoms with van der Waals surface area (Å²) in [4.78, 5) is 31.9. The Morgan fingerprint density at radius 1 is 1.27 bits per heavy atom. The number of hydrogen-bond acceptors (Lipinski definition) is 6. The highest BCUT2D eigenvalue weighted by Crippen LogP contribution is 2.28. The average Bonchev–Trinajstić information content (AvgIpc) is 3.15. The largest absolute Gasteiger partial charge is 0.347 e. The number of anilines is 2. The second-order valence-corrected chi connectivity index (χ2v) is 8.22. The van der Waals surface area contributed by atoms with Gasteiger partial charge < -0.3 is 10.2 Å². The number of fused-ring (bicyclic) bond motifs is 1. The van der Waals surface area contributed by atoms with Crippen LogP contribution in [-0.4, -0.2) is 33.6 Å². The molecule has 3 heterocycles. The van der Waals surface area contributed by atoms with Crippen molar-refractivity contribution in [3.05, 3.63) is 51.9 Å². The number of benzene rings is 1. The van der Waals surface area contributed by atoms with Gasteiger partial charge in [-0.05, 0) is 31.4 Å². The van der Waals surface area contributed by atoms with Crippen molar-refractivity contribution in [1.29, 1.82) is 0 Å². The van der Waals surface area contributed by atoms with Gasteiger partial charge in [0.25, 0.3) is 5.56 Å². The third-order valence-corrected chi connectivity index (χ3v) is 6.09. The summed E-state index contributed by atoms with van der Waals surface area (Å²) in [5.41, 5.74) is 0.547. The van der Waals surface area contributed by atoms with E-state index in [2.05, 4.69) is 15.4 Å². The van der Waals surface area contributed by atoms with E-state index in [9.17, 15) is 18.4 Å². The van der Waals surface area contributed by atoms with Crippen LogP contribution in [0, 0.1) is 17.6 Å². The van der Waals surface area contributed by atoms with E-state index in [0.29, 0.717) is 36.0 Å². The van der Waals surface area contributed by atoms with Crippen molar-refractivity contribution >= 4 is 33.0 Å². The molecule has 1 aliphatic rings. The first kappa shape index (κ1) is 20.4. The Balaban J connectivity index is 1.42. The van der Waals surface area contributed by atoms with Crippen molar-refractivity contribution in [3.8, 4) is 0 Å². The summed E-state index contributed by atoms with van der Waals surface area (Å²) in [5.74, 6) is -2.05. The highest BCUT2D eigenvalue weighted by Gasteiger charge is 2.27. The van der Waals surface area contributed by atoms with Gasteiger partial charge in [-0.3, -0.25) is 9.59 Å². The molecule has 0 bridgehead atoms. The predicted molar refractivity (Wildman–Crippen MR) is 111 cm³/mol. The summed E-state index contributed by atoms with van der Waals surface area (Å²) in [6.45, 7) is 3.20. The van der Waals surface area contributed by atoms with Gasteiger partial charge in [0.1, 0.15) is 11.6 Å². The molecule has 1 amide bonds. The molecule has 158 valence electrons. The molecule has 4 rings (SSSR count). The van der Waals surface area contributed by atoms with E-state index < -0.39 is 11.6 Å². The van der Waals surface area contributed by atoms with Crippen LogP contribution in [0.2, 0.25) is 0 Å². The zero-order chi connectivity index (χ0) is 21.3. The number of aryl methyl sites for hydroxylation is 1. The zero-order valence-corrected chi connectivity index (χ0v) is 17.2. The van der Waals surface area contributed by atoms with Crippen LogP contribution in [0.4, 0.5) is 19.6 Å². The van der Waals surface area contributed by atoms with Crippen LogP contribution in [0.15, 0.2) is 29.1 Å². The molecule has 0 spiro atoms. The molecule has 0 atom stereocenters. The lowest BCUT2D eigenvalue weighted by Crippen LogP contribution is -2.38. The van der Waals surface area contributed by atoms with Gasteiger partial charge in [0, 0.05) is 36.8 Å². The predicted octanol–water partition coefficient (Wildman–Crippen LogP) is 3.24. The van der Waals surface area contributed by atoms with Gasteiger partial charge >= 0.3 is 0 Å². The van der Waals surface area contributed by atoms with E-state index in [0.717, 1.165) is 30.7 Å². The fraction of sp³-hybridized carbons (Fsp3) is 0.400. The number of carbonyl (C=O) groups excluding carboxylic acids is 1. The summed E-state index contributed by atoms with van der Waals surface area (Å²) in [6.07, 6.45) is 2.78. The molecule has 1 aromatic carbocycles. The second kappa shape index (κ2) is 8.47. The minimum atomic E-state index is -0.796. The molecule has 1 aliphatic heterocycles. The third kappa shape index (κ3) is 4.18. The maximum atomic E-state index is 13.8. The van der Waals surface area contributed by atoms with Crippen LogP contribution in [0.5, 0.6) is 0 Å². The number of aromatic nitrogens is 3. The van der Waals surface area contributed by atoms with Gasteiger partial charge in [-0.1, -0.05) is 24.7 Å². The first-order chi connectivity index (χ1) is 14.4. The standard InChI is InChI=1S/C20H21F2N5O2S/c1-2-3-14-11-17(28)27-19(23-14)30-20(25-27)26-8-6-12(7-9-26)18(29)24-16-5-4-13(21)10-15(16)22/h4-5,10-12H,2-3,6-9H2,1H3,(H,24,29). The Labute approximate surface area is 175 Å². The molecule has 1 fully saturated rings. The van der Waals surface area contributed by atoms with E-state index >= 15 is 0 Å². The van der Waals surface area contributed by atoms with Crippen LogP contribution >= 0.6 is 11.3 Å². The average molecular weight is 433 g/mol. The number of amides is 1. The Morgan fingerprint density at radius 3 is 2.73 bits per heavy atom. The highest BCUT2D eigenvalue weighted by atomic mass is 32.1. The fourth-order valence-electron chi connectivity index (χ4n) is 3.52. The molecule has 7 nitrogen and oxygen atoms in total. The number of halogens is 2. The molecule has 1 saturated heterocycles. The van der Waals surface area contributed by atoms with Crippen molar-refractivity contribution in [2.75, 3.05) is 23.3 Å². The Morgan fingerprint density at radius 2 is 2.03 bits per heavy atom. The second-order valence-electron chi connectivity index (χ2n) is 7.29. The maximum Gasteiger partial charge on any atom is 0.275 e. The topological polar surface area (TPSA) is 79.6 Å². The number of nitrogens with zero attached hydrogens (tertiary/aromatic N) is 4. The zero-order valence-electron chi connectivity index (χ0n) is 16.4. The van der Waals surface area contributed by atoms with Crippen LogP contribution in [0.1, 0.15) is 31.9 Å². The fourth-order valence-corrected chi connectivity index (χ4v) is 4.49. The van der Waals surface area contributed by atoms with Crippen molar-refractivity contribution in [1.82, 2.24) is 14.6 Å². The first-order valence-corrected chi connectivity index (χ1v) is 10.7. The molecule has 10 heteroatoms. The van der Waals surface area contributed by atoms with Gasteiger partial charge in [0.15, 0.2) is 0 Å². The van der Waals surface area contributed by atoms with Gasteiger partial charge in [-0.25, -0.2) is 13.8 Å². The minimum absolute atomic E-state index is 0.0247. The number of nitrogens with one attached hydrogen (secondary N) is 1. The van der Waals surface area contributed by atoms with E-state index in [1.807, 2.05) is 11.8 Å². The quantitative estimate of drug-likeness (QED) is 0.668. The minimum Gasteiger partial charge on any atom is -0.347 e. The van der Waals surface area contributed by atoms with Crippen molar-refractivity contribution in [2.24, 2.45) is 5.92 Å². The van der Waals surface area contributed by atoms with Crippen LogP contribution in [-0.2, 0) is 11.2 Å². The van der Waals surface area contributed by atoms with E-state index in [-0.39, 0.29) is 23.1 Å². The summed E-state index contributed by atoms with van der Waals surface area (Å²) in [7, 11) is 0. The van der Waals surface area contributed by atoms with Crippen LogP contribution in [0.25, 0.3) is 4.96 Å².